The molecular formula is C24H33N5OS. The van der Waals surface area contributed by atoms with Gasteiger partial charge >= 0.3 is 0 Å². The van der Waals surface area contributed by atoms with Crippen molar-refractivity contribution in [1.82, 2.24) is 20.5 Å². The lowest BCUT2D eigenvalue weighted by Gasteiger charge is -2.32. The summed E-state index contributed by atoms with van der Waals surface area (Å²) in [7, 11) is 1.82. The van der Waals surface area contributed by atoms with Crippen molar-refractivity contribution in [1.29, 1.82) is 0 Å². The van der Waals surface area contributed by atoms with Gasteiger partial charge in [0.1, 0.15) is 11.3 Å². The van der Waals surface area contributed by atoms with Gasteiger partial charge < -0.3 is 15.1 Å². The van der Waals surface area contributed by atoms with Crippen LogP contribution in [0.5, 0.6) is 0 Å². The minimum atomic E-state index is 0.0478. The van der Waals surface area contributed by atoms with Crippen LogP contribution in [0.25, 0.3) is 11.0 Å². The van der Waals surface area contributed by atoms with Crippen molar-refractivity contribution in [2.45, 2.75) is 45.7 Å². The van der Waals surface area contributed by atoms with E-state index in [1.54, 1.807) is 11.3 Å². The number of hydrogen-bond donors (Lipinski definition) is 2. The van der Waals surface area contributed by atoms with Crippen LogP contribution in [0.1, 0.15) is 49.2 Å². The van der Waals surface area contributed by atoms with E-state index >= 15 is 0 Å². The number of thiazole rings is 1. The van der Waals surface area contributed by atoms with Gasteiger partial charge in [-0.25, -0.2) is 4.98 Å². The molecule has 31 heavy (non-hydrogen) atoms. The maximum absolute atomic E-state index is 5.98. The molecule has 3 aromatic rings. The molecule has 4 rings (SSSR count). The van der Waals surface area contributed by atoms with E-state index in [4.69, 9.17) is 9.40 Å². The highest BCUT2D eigenvalue weighted by Gasteiger charge is 2.21. The largest absolute Gasteiger partial charge is 0.459 e. The van der Waals surface area contributed by atoms with Crippen LogP contribution in [-0.4, -0.2) is 42.5 Å². The van der Waals surface area contributed by atoms with E-state index in [0.717, 1.165) is 55.3 Å². The van der Waals surface area contributed by atoms with E-state index in [1.165, 1.54) is 23.5 Å². The van der Waals surface area contributed by atoms with Crippen LogP contribution >= 0.6 is 11.3 Å². The Morgan fingerprint density at radius 2 is 2.13 bits per heavy atom. The molecule has 1 aliphatic heterocycles. The zero-order valence-corrected chi connectivity index (χ0v) is 19.5. The summed E-state index contributed by atoms with van der Waals surface area (Å²) in [5, 5.41) is 11.6. The van der Waals surface area contributed by atoms with Gasteiger partial charge in [-0.3, -0.25) is 9.89 Å². The standard InChI is InChI=1S/C24H33N5OS/c1-4-23-28-20(16-31-23)15-29-11-9-18(10-12-29)14-26-24(25-3)27-17(2)22-13-19-7-5-6-8-21(19)30-22/h5-8,13,16-18H,4,9-12,14-15H2,1-3H3,(H2,25,26,27). The molecule has 7 heteroatoms. The molecule has 0 bridgehead atoms. The molecule has 1 saturated heterocycles. The summed E-state index contributed by atoms with van der Waals surface area (Å²) in [5.41, 5.74) is 2.15. The van der Waals surface area contributed by atoms with E-state index in [0.29, 0.717) is 5.92 Å². The number of benzene rings is 1. The number of hydrogen-bond acceptors (Lipinski definition) is 5. The fourth-order valence-corrected chi connectivity index (χ4v) is 4.83. The second kappa shape index (κ2) is 10.3. The van der Waals surface area contributed by atoms with Gasteiger partial charge in [0.15, 0.2) is 5.96 Å². The third-order valence-electron chi connectivity index (χ3n) is 6.00. The molecule has 0 spiro atoms. The van der Waals surface area contributed by atoms with Crippen LogP contribution in [0.3, 0.4) is 0 Å². The van der Waals surface area contributed by atoms with Crippen LogP contribution in [0.15, 0.2) is 45.1 Å². The van der Waals surface area contributed by atoms with Gasteiger partial charge in [-0.2, -0.15) is 0 Å². The van der Waals surface area contributed by atoms with E-state index in [2.05, 4.69) is 51.9 Å². The molecule has 3 heterocycles. The minimum absolute atomic E-state index is 0.0478. The smallest absolute Gasteiger partial charge is 0.191 e. The molecule has 0 amide bonds. The summed E-state index contributed by atoms with van der Waals surface area (Å²) in [5.74, 6) is 2.41. The first-order valence-electron chi connectivity index (χ1n) is 11.3. The van der Waals surface area contributed by atoms with Crippen molar-refractivity contribution in [2.75, 3.05) is 26.7 Å². The van der Waals surface area contributed by atoms with Crippen LogP contribution < -0.4 is 10.6 Å². The minimum Gasteiger partial charge on any atom is -0.459 e. The van der Waals surface area contributed by atoms with Crippen molar-refractivity contribution in [3.8, 4) is 0 Å². The number of furan rings is 1. The Labute approximate surface area is 188 Å². The van der Waals surface area contributed by atoms with Crippen LogP contribution in [0.4, 0.5) is 0 Å². The maximum Gasteiger partial charge on any atom is 0.191 e. The third-order valence-corrected chi connectivity index (χ3v) is 7.04. The highest BCUT2D eigenvalue weighted by Crippen LogP contribution is 2.24. The third kappa shape index (κ3) is 5.66. The number of piperidine rings is 1. The molecule has 1 aromatic carbocycles. The number of fused-ring (bicyclic) bond motifs is 1. The molecule has 2 aromatic heterocycles. The number of aromatic nitrogens is 1. The van der Waals surface area contributed by atoms with Crippen molar-refractivity contribution in [2.24, 2.45) is 10.9 Å². The fraction of sp³-hybridized carbons (Fsp3) is 0.500. The second-order valence-corrected chi connectivity index (χ2v) is 9.25. The van der Waals surface area contributed by atoms with Gasteiger partial charge in [-0.15, -0.1) is 11.3 Å². The number of likely N-dealkylation sites (tertiary alicyclic amines) is 1. The topological polar surface area (TPSA) is 65.7 Å². The number of nitrogens with one attached hydrogen (secondary N) is 2. The fourth-order valence-electron chi connectivity index (χ4n) is 4.09. The Bertz CT molecular complexity index is 969. The Morgan fingerprint density at radius 1 is 1.32 bits per heavy atom. The monoisotopic (exact) mass is 439 g/mol. The number of aryl methyl sites for hydroxylation is 1. The number of aliphatic imine (C=N–C) groups is 1. The van der Waals surface area contributed by atoms with Crippen LogP contribution in [0, 0.1) is 5.92 Å². The van der Waals surface area contributed by atoms with Gasteiger partial charge in [0.2, 0.25) is 0 Å². The van der Waals surface area contributed by atoms with Gasteiger partial charge in [0, 0.05) is 30.9 Å². The molecule has 2 N–H and O–H groups in total. The molecule has 1 atom stereocenters. The first-order chi connectivity index (χ1) is 15.1. The maximum atomic E-state index is 5.98. The molecule has 166 valence electrons. The molecule has 0 saturated carbocycles. The summed E-state index contributed by atoms with van der Waals surface area (Å²) in [6.07, 6.45) is 3.44. The van der Waals surface area contributed by atoms with Gasteiger partial charge in [0.25, 0.3) is 0 Å². The van der Waals surface area contributed by atoms with Crippen molar-refractivity contribution in [3.05, 3.63) is 52.2 Å². The quantitative estimate of drug-likeness (QED) is 0.416. The average Bonchev–Trinajstić information content (AvgIpc) is 3.44. The number of rotatable bonds is 7. The van der Waals surface area contributed by atoms with Crippen molar-refractivity contribution >= 4 is 28.3 Å². The van der Waals surface area contributed by atoms with E-state index in [9.17, 15) is 0 Å². The summed E-state index contributed by atoms with van der Waals surface area (Å²) in [6, 6.07) is 10.3. The number of para-hydroxylation sites is 1. The molecule has 0 radical (unpaired) electrons. The number of nitrogens with zero attached hydrogens (tertiary/aromatic N) is 3. The van der Waals surface area contributed by atoms with E-state index < -0.39 is 0 Å². The van der Waals surface area contributed by atoms with Crippen molar-refractivity contribution < 1.29 is 4.42 Å². The SMILES string of the molecule is CCc1nc(CN2CCC(CNC(=NC)NC(C)c3cc4ccccc4o3)CC2)cs1. The van der Waals surface area contributed by atoms with Crippen molar-refractivity contribution in [3.63, 3.8) is 0 Å². The Kier molecular flexibility index (Phi) is 7.25. The Balaban J connectivity index is 1.22. The van der Waals surface area contributed by atoms with Gasteiger partial charge in [0.05, 0.1) is 16.7 Å². The summed E-state index contributed by atoms with van der Waals surface area (Å²) in [6.45, 7) is 8.46. The Morgan fingerprint density at radius 3 is 2.84 bits per heavy atom. The normalized spacial score (nSPS) is 17.2. The van der Waals surface area contributed by atoms with Gasteiger partial charge in [-0.05, 0) is 57.3 Å². The first kappa shape index (κ1) is 21.8. The average molecular weight is 440 g/mol. The summed E-state index contributed by atoms with van der Waals surface area (Å²) in [4.78, 5) is 11.6. The lowest BCUT2D eigenvalue weighted by Crippen LogP contribution is -2.43. The second-order valence-electron chi connectivity index (χ2n) is 8.31. The van der Waals surface area contributed by atoms with Crippen LogP contribution in [-0.2, 0) is 13.0 Å². The molecule has 1 fully saturated rings. The number of guanidine groups is 1. The Hall–Kier alpha value is -2.38. The first-order valence-corrected chi connectivity index (χ1v) is 12.1. The van der Waals surface area contributed by atoms with Crippen LogP contribution in [0.2, 0.25) is 0 Å². The molecule has 1 unspecified atom stereocenters. The molecule has 1 aliphatic rings. The summed E-state index contributed by atoms with van der Waals surface area (Å²) < 4.78 is 5.98. The zero-order valence-electron chi connectivity index (χ0n) is 18.7. The molecule has 0 aliphatic carbocycles. The molecule has 6 nitrogen and oxygen atoms in total. The molecular weight excluding hydrogens is 406 g/mol. The predicted octanol–water partition coefficient (Wildman–Crippen LogP) is 4.59. The predicted molar refractivity (Wildman–Crippen MR) is 129 cm³/mol. The highest BCUT2D eigenvalue weighted by atomic mass is 32.1. The van der Waals surface area contributed by atoms with Gasteiger partial charge in [-0.1, -0.05) is 25.1 Å². The zero-order chi connectivity index (χ0) is 21.6. The van der Waals surface area contributed by atoms with E-state index in [1.807, 2.05) is 25.2 Å². The summed E-state index contributed by atoms with van der Waals surface area (Å²) >= 11 is 1.78. The lowest BCUT2D eigenvalue weighted by molar-refractivity contribution is 0.176. The highest BCUT2D eigenvalue weighted by molar-refractivity contribution is 7.09. The van der Waals surface area contributed by atoms with E-state index in [-0.39, 0.29) is 6.04 Å². The lowest BCUT2D eigenvalue weighted by atomic mass is 9.97.